The van der Waals surface area contributed by atoms with Gasteiger partial charge in [-0.3, -0.25) is 4.79 Å². The normalized spacial score (nSPS) is 10.3. The largest absolute Gasteiger partial charge is 0.481 e. The first-order valence-electron chi connectivity index (χ1n) is 7.03. The zero-order valence-corrected chi connectivity index (χ0v) is 12.7. The van der Waals surface area contributed by atoms with Gasteiger partial charge in [0.1, 0.15) is 5.75 Å². The van der Waals surface area contributed by atoms with Crippen LogP contribution in [0.25, 0.3) is 11.1 Å². The van der Waals surface area contributed by atoms with Crippen LogP contribution in [0.5, 0.6) is 5.75 Å². The molecule has 2 aromatic carbocycles. The average molecular weight is 314 g/mol. The van der Waals surface area contributed by atoms with E-state index in [1.54, 1.807) is 24.3 Å². The summed E-state index contributed by atoms with van der Waals surface area (Å²) in [5.74, 6) is -1.14. The van der Waals surface area contributed by atoms with E-state index < -0.39 is 18.5 Å². The summed E-state index contributed by atoms with van der Waals surface area (Å²) in [6.45, 7) is 0.218. The Labute approximate surface area is 133 Å². The second-order valence-electron chi connectivity index (χ2n) is 4.99. The number of aliphatic carboxylic acids is 1. The molecule has 6 nitrogen and oxygen atoms in total. The summed E-state index contributed by atoms with van der Waals surface area (Å²) in [6.07, 6.45) is 0. The molecule has 0 bridgehead atoms. The lowest BCUT2D eigenvalue weighted by Gasteiger charge is -2.13. The van der Waals surface area contributed by atoms with Crippen LogP contribution in [0.1, 0.15) is 15.9 Å². The van der Waals surface area contributed by atoms with Crippen molar-refractivity contribution in [3.05, 3.63) is 53.6 Å². The van der Waals surface area contributed by atoms with Gasteiger partial charge >= 0.3 is 5.97 Å². The minimum absolute atomic E-state index is 0.380. The maximum absolute atomic E-state index is 11.4. The van der Waals surface area contributed by atoms with Crippen molar-refractivity contribution in [2.75, 3.05) is 13.7 Å². The minimum atomic E-state index is -1.05. The van der Waals surface area contributed by atoms with Crippen molar-refractivity contribution in [1.82, 2.24) is 5.32 Å². The predicted molar refractivity (Wildman–Crippen MR) is 86.3 cm³/mol. The molecule has 0 aliphatic carbocycles. The van der Waals surface area contributed by atoms with Crippen LogP contribution < -0.4 is 15.8 Å². The lowest BCUT2D eigenvalue weighted by Crippen LogP contribution is -2.12. The van der Waals surface area contributed by atoms with Crippen LogP contribution in [-0.2, 0) is 11.3 Å². The number of amides is 1. The molecule has 0 saturated carbocycles. The smallest absolute Gasteiger partial charge is 0.341 e. The molecule has 6 heteroatoms. The molecule has 0 atom stereocenters. The first kappa shape index (κ1) is 16.5. The van der Waals surface area contributed by atoms with Gasteiger partial charge in [-0.25, -0.2) is 4.79 Å². The summed E-state index contributed by atoms with van der Waals surface area (Å²) >= 11 is 0. The quantitative estimate of drug-likeness (QED) is 0.721. The molecule has 4 N–H and O–H groups in total. The van der Waals surface area contributed by atoms with E-state index in [0.717, 1.165) is 11.1 Å². The van der Waals surface area contributed by atoms with Crippen molar-refractivity contribution in [3.63, 3.8) is 0 Å². The maximum atomic E-state index is 11.4. The van der Waals surface area contributed by atoms with Crippen LogP contribution in [0.3, 0.4) is 0 Å². The van der Waals surface area contributed by atoms with E-state index in [4.69, 9.17) is 15.6 Å². The molecule has 0 heterocycles. The first-order chi connectivity index (χ1) is 11.0. The highest BCUT2D eigenvalue weighted by atomic mass is 16.5. The highest BCUT2D eigenvalue weighted by Gasteiger charge is 2.11. The zero-order valence-electron chi connectivity index (χ0n) is 12.7. The number of nitrogens with two attached hydrogens (primary N) is 1. The first-order valence-corrected chi connectivity index (χ1v) is 7.03. The number of benzene rings is 2. The fourth-order valence-corrected chi connectivity index (χ4v) is 2.22. The Hall–Kier alpha value is -2.86. The van der Waals surface area contributed by atoms with Crippen LogP contribution in [0, 0.1) is 0 Å². The highest BCUT2D eigenvalue weighted by Crippen LogP contribution is 2.31. The van der Waals surface area contributed by atoms with Gasteiger partial charge in [0.2, 0.25) is 5.91 Å². The average Bonchev–Trinajstić information content (AvgIpc) is 2.54. The molecular weight excluding hydrogens is 296 g/mol. The van der Waals surface area contributed by atoms with Gasteiger partial charge in [0.25, 0.3) is 0 Å². The Morgan fingerprint density at radius 1 is 1.22 bits per heavy atom. The van der Waals surface area contributed by atoms with Gasteiger partial charge in [-0.15, -0.1) is 0 Å². The molecule has 23 heavy (non-hydrogen) atoms. The molecule has 0 radical (unpaired) electrons. The van der Waals surface area contributed by atoms with Crippen LogP contribution in [-0.4, -0.2) is 30.6 Å². The Balaban J connectivity index is 2.47. The van der Waals surface area contributed by atoms with Crippen molar-refractivity contribution in [2.45, 2.75) is 6.54 Å². The van der Waals surface area contributed by atoms with Gasteiger partial charge in [0, 0.05) is 17.7 Å². The van der Waals surface area contributed by atoms with Gasteiger partial charge in [-0.05, 0) is 42.4 Å². The van der Waals surface area contributed by atoms with Crippen molar-refractivity contribution >= 4 is 11.9 Å². The molecule has 2 aromatic rings. The molecule has 0 spiro atoms. The lowest BCUT2D eigenvalue weighted by atomic mass is 9.99. The third-order valence-electron chi connectivity index (χ3n) is 3.23. The van der Waals surface area contributed by atoms with Gasteiger partial charge in [-0.2, -0.15) is 0 Å². The molecule has 0 aliphatic rings. The number of ether oxygens (including phenoxy) is 1. The van der Waals surface area contributed by atoms with E-state index in [2.05, 4.69) is 5.32 Å². The standard InChI is InChI=1S/C17H18N2O4/c1-19-9-11-5-6-15(23-10-16(20)21)14(7-11)12-3-2-4-13(8-12)17(18)22/h2-8,19H,9-10H2,1H3,(H2,18,22)(H,20,21). The van der Waals surface area contributed by atoms with E-state index in [1.807, 2.05) is 25.2 Å². The lowest BCUT2D eigenvalue weighted by molar-refractivity contribution is -0.139. The van der Waals surface area contributed by atoms with Crippen LogP contribution in [0.2, 0.25) is 0 Å². The van der Waals surface area contributed by atoms with Crippen LogP contribution in [0.15, 0.2) is 42.5 Å². The van der Waals surface area contributed by atoms with Gasteiger partial charge in [0.05, 0.1) is 0 Å². The molecule has 0 unspecified atom stereocenters. The Morgan fingerprint density at radius 2 is 2.00 bits per heavy atom. The summed E-state index contributed by atoms with van der Waals surface area (Å²) in [5, 5.41) is 11.8. The SMILES string of the molecule is CNCc1ccc(OCC(=O)O)c(-c2cccc(C(N)=O)c2)c1. The van der Waals surface area contributed by atoms with Crippen molar-refractivity contribution in [3.8, 4) is 16.9 Å². The number of carboxylic acids is 1. The summed E-state index contributed by atoms with van der Waals surface area (Å²) in [4.78, 5) is 22.1. The number of carbonyl (C=O) groups is 2. The zero-order chi connectivity index (χ0) is 16.8. The Morgan fingerprint density at radius 3 is 2.65 bits per heavy atom. The summed E-state index contributed by atoms with van der Waals surface area (Å²) in [6, 6.07) is 12.3. The number of nitrogens with one attached hydrogen (secondary N) is 1. The van der Waals surface area contributed by atoms with Crippen LogP contribution in [0.4, 0.5) is 0 Å². The Kier molecular flexibility index (Phi) is 5.32. The summed E-state index contributed by atoms with van der Waals surface area (Å²) < 4.78 is 5.35. The fourth-order valence-electron chi connectivity index (χ4n) is 2.22. The third kappa shape index (κ3) is 4.31. The van der Waals surface area contributed by atoms with E-state index >= 15 is 0 Å². The maximum Gasteiger partial charge on any atom is 0.341 e. The monoisotopic (exact) mass is 314 g/mol. The van der Waals surface area contributed by atoms with Gasteiger partial charge in [0.15, 0.2) is 6.61 Å². The number of hydrogen-bond donors (Lipinski definition) is 3. The molecule has 0 fully saturated rings. The van der Waals surface area contributed by atoms with E-state index in [-0.39, 0.29) is 0 Å². The number of hydrogen-bond acceptors (Lipinski definition) is 4. The molecule has 1 amide bonds. The van der Waals surface area contributed by atoms with E-state index in [0.29, 0.717) is 23.4 Å². The van der Waals surface area contributed by atoms with Crippen LogP contribution >= 0.6 is 0 Å². The number of carboxylic acid groups (broad SMARTS) is 1. The molecule has 0 aromatic heterocycles. The number of primary amides is 1. The van der Waals surface area contributed by atoms with E-state index in [1.165, 1.54) is 0 Å². The number of carbonyl (C=O) groups excluding carboxylic acids is 1. The molecule has 2 rings (SSSR count). The fraction of sp³-hybridized carbons (Fsp3) is 0.176. The number of rotatable bonds is 7. The summed E-state index contributed by atoms with van der Waals surface area (Å²) in [7, 11) is 1.84. The molecule has 0 saturated heterocycles. The highest BCUT2D eigenvalue weighted by molar-refractivity contribution is 5.94. The van der Waals surface area contributed by atoms with Crippen molar-refractivity contribution in [1.29, 1.82) is 0 Å². The summed E-state index contributed by atoms with van der Waals surface area (Å²) in [5.41, 5.74) is 8.15. The second kappa shape index (κ2) is 7.42. The van der Waals surface area contributed by atoms with E-state index in [9.17, 15) is 9.59 Å². The predicted octanol–water partition coefficient (Wildman–Crippen LogP) is 1.64. The van der Waals surface area contributed by atoms with Gasteiger partial charge < -0.3 is 20.9 Å². The second-order valence-corrected chi connectivity index (χ2v) is 4.99. The van der Waals surface area contributed by atoms with Crippen molar-refractivity contribution in [2.24, 2.45) is 5.73 Å². The Bertz CT molecular complexity index is 728. The molecular formula is C17H18N2O4. The topological polar surface area (TPSA) is 102 Å². The minimum Gasteiger partial charge on any atom is -0.481 e. The van der Waals surface area contributed by atoms with Crippen molar-refractivity contribution < 1.29 is 19.4 Å². The van der Waals surface area contributed by atoms with Gasteiger partial charge in [-0.1, -0.05) is 18.2 Å². The molecule has 120 valence electrons. The third-order valence-corrected chi connectivity index (χ3v) is 3.23. The molecule has 0 aliphatic heterocycles.